The van der Waals surface area contributed by atoms with Gasteiger partial charge in [0.05, 0.1) is 11.6 Å². The van der Waals surface area contributed by atoms with Gasteiger partial charge >= 0.3 is 0 Å². The molecule has 0 amide bonds. The van der Waals surface area contributed by atoms with Crippen LogP contribution in [0.2, 0.25) is 5.02 Å². The van der Waals surface area contributed by atoms with E-state index in [0.29, 0.717) is 5.92 Å². The number of aliphatic hydroxyl groups excluding tert-OH is 1. The molecule has 0 aliphatic heterocycles. The minimum Gasteiger partial charge on any atom is -0.394 e. The van der Waals surface area contributed by atoms with Gasteiger partial charge in [-0.3, -0.25) is 0 Å². The first-order valence-electron chi connectivity index (χ1n) is 6.43. The molecule has 3 N–H and O–H groups in total. The highest BCUT2D eigenvalue weighted by molar-refractivity contribution is 7.99. The highest BCUT2D eigenvalue weighted by Crippen LogP contribution is 2.37. The van der Waals surface area contributed by atoms with Crippen molar-refractivity contribution < 1.29 is 5.11 Å². The molecular weight excluding hydrogens is 266 g/mol. The van der Waals surface area contributed by atoms with Gasteiger partial charge in [-0.1, -0.05) is 30.2 Å². The largest absolute Gasteiger partial charge is 0.394 e. The monoisotopic (exact) mass is 285 g/mol. The summed E-state index contributed by atoms with van der Waals surface area (Å²) >= 11 is 7.89. The van der Waals surface area contributed by atoms with Gasteiger partial charge in [0.1, 0.15) is 0 Å². The molecule has 2 unspecified atom stereocenters. The molecule has 100 valence electrons. The molecule has 2 atom stereocenters. The highest BCUT2D eigenvalue weighted by Gasteiger charge is 2.38. The molecular formula is C14H20ClNOS. The topological polar surface area (TPSA) is 46.2 Å². The van der Waals surface area contributed by atoms with Gasteiger partial charge in [0, 0.05) is 10.4 Å². The van der Waals surface area contributed by atoms with Crippen LogP contribution in [0, 0.1) is 5.92 Å². The molecule has 2 nitrogen and oxygen atoms in total. The zero-order chi connectivity index (χ0) is 13.0. The van der Waals surface area contributed by atoms with E-state index in [9.17, 15) is 5.11 Å². The molecule has 1 aliphatic rings. The van der Waals surface area contributed by atoms with E-state index in [0.717, 1.165) is 41.4 Å². The predicted octanol–water partition coefficient (Wildman–Crippen LogP) is 3.31. The highest BCUT2D eigenvalue weighted by atomic mass is 35.5. The lowest BCUT2D eigenvalue weighted by Gasteiger charge is -2.29. The smallest absolute Gasteiger partial charge is 0.0613 e. The van der Waals surface area contributed by atoms with Crippen LogP contribution in [0.25, 0.3) is 0 Å². The van der Waals surface area contributed by atoms with Crippen molar-refractivity contribution in [1.82, 2.24) is 0 Å². The maximum atomic E-state index is 9.40. The van der Waals surface area contributed by atoms with E-state index in [1.54, 1.807) is 11.8 Å². The van der Waals surface area contributed by atoms with Crippen molar-refractivity contribution in [2.24, 2.45) is 11.7 Å². The van der Waals surface area contributed by atoms with Crippen LogP contribution in [0.4, 0.5) is 0 Å². The first-order chi connectivity index (χ1) is 8.65. The Bertz CT molecular complexity index is 401. The molecule has 0 spiro atoms. The van der Waals surface area contributed by atoms with E-state index in [1.807, 2.05) is 24.3 Å². The van der Waals surface area contributed by atoms with E-state index in [2.05, 4.69) is 0 Å². The van der Waals surface area contributed by atoms with Crippen molar-refractivity contribution in [3.05, 3.63) is 29.3 Å². The number of nitrogens with two attached hydrogens (primary N) is 1. The van der Waals surface area contributed by atoms with Crippen LogP contribution in [-0.4, -0.2) is 23.0 Å². The Hall–Kier alpha value is -0.220. The lowest BCUT2D eigenvalue weighted by molar-refractivity contribution is 0.158. The summed E-state index contributed by atoms with van der Waals surface area (Å²) in [5, 5.41) is 10.2. The van der Waals surface area contributed by atoms with Crippen LogP contribution >= 0.6 is 23.4 Å². The molecule has 1 aromatic carbocycles. The minimum atomic E-state index is -0.346. The first kappa shape index (κ1) is 14.2. The molecule has 0 saturated heterocycles. The lowest BCUT2D eigenvalue weighted by Crippen LogP contribution is -2.47. The Balaban J connectivity index is 1.84. The molecule has 1 aliphatic carbocycles. The third-order valence-electron chi connectivity index (χ3n) is 3.86. The van der Waals surface area contributed by atoms with E-state index in [-0.39, 0.29) is 12.1 Å². The number of halogens is 1. The van der Waals surface area contributed by atoms with Gasteiger partial charge in [0.25, 0.3) is 0 Å². The van der Waals surface area contributed by atoms with Crippen molar-refractivity contribution in [3.63, 3.8) is 0 Å². The average Bonchev–Trinajstić information content (AvgIpc) is 2.74. The molecule has 0 bridgehead atoms. The maximum absolute atomic E-state index is 9.40. The summed E-state index contributed by atoms with van der Waals surface area (Å²) in [4.78, 5) is 1.13. The van der Waals surface area contributed by atoms with Gasteiger partial charge in [-0.15, -0.1) is 11.8 Å². The van der Waals surface area contributed by atoms with Crippen LogP contribution in [0.1, 0.15) is 25.7 Å². The van der Waals surface area contributed by atoms with Crippen LogP contribution in [0.3, 0.4) is 0 Å². The summed E-state index contributed by atoms with van der Waals surface area (Å²) in [6, 6.07) is 7.91. The SMILES string of the molecule is NC1(CO)CCCC1CCSc1ccccc1Cl. The molecule has 0 radical (unpaired) electrons. The summed E-state index contributed by atoms with van der Waals surface area (Å²) in [5.41, 5.74) is 5.88. The van der Waals surface area contributed by atoms with Crippen molar-refractivity contribution in [3.8, 4) is 0 Å². The minimum absolute atomic E-state index is 0.106. The zero-order valence-corrected chi connectivity index (χ0v) is 12.0. The fourth-order valence-electron chi connectivity index (χ4n) is 2.68. The normalized spacial score (nSPS) is 27.6. The van der Waals surface area contributed by atoms with Crippen molar-refractivity contribution in [1.29, 1.82) is 0 Å². The Kier molecular flexibility index (Phi) is 4.96. The molecule has 0 heterocycles. The maximum Gasteiger partial charge on any atom is 0.0613 e. The number of hydrogen-bond donors (Lipinski definition) is 2. The second-order valence-corrected chi connectivity index (χ2v) is 6.59. The Morgan fingerprint density at radius 3 is 2.94 bits per heavy atom. The van der Waals surface area contributed by atoms with Crippen molar-refractivity contribution in [2.45, 2.75) is 36.1 Å². The third-order valence-corrected chi connectivity index (χ3v) is 5.41. The fourth-order valence-corrected chi connectivity index (χ4v) is 3.98. The zero-order valence-electron chi connectivity index (χ0n) is 10.4. The van der Waals surface area contributed by atoms with Crippen molar-refractivity contribution in [2.75, 3.05) is 12.4 Å². The second-order valence-electron chi connectivity index (χ2n) is 5.05. The molecule has 0 aromatic heterocycles. The number of aliphatic hydroxyl groups is 1. The Morgan fingerprint density at radius 2 is 2.22 bits per heavy atom. The van der Waals surface area contributed by atoms with Crippen LogP contribution in [0.5, 0.6) is 0 Å². The average molecular weight is 286 g/mol. The summed E-state index contributed by atoms with van der Waals surface area (Å²) < 4.78 is 0. The molecule has 1 aromatic rings. The lowest BCUT2D eigenvalue weighted by atomic mass is 9.87. The summed E-state index contributed by atoms with van der Waals surface area (Å²) in [5.74, 6) is 1.45. The molecule has 1 saturated carbocycles. The fraction of sp³-hybridized carbons (Fsp3) is 0.571. The van der Waals surface area contributed by atoms with Gasteiger partial charge in [0.2, 0.25) is 0 Å². The van der Waals surface area contributed by atoms with Gasteiger partial charge in [-0.2, -0.15) is 0 Å². The van der Waals surface area contributed by atoms with Gasteiger partial charge in [-0.25, -0.2) is 0 Å². The first-order valence-corrected chi connectivity index (χ1v) is 7.79. The van der Waals surface area contributed by atoms with E-state index in [4.69, 9.17) is 17.3 Å². The van der Waals surface area contributed by atoms with Crippen LogP contribution < -0.4 is 5.73 Å². The van der Waals surface area contributed by atoms with E-state index >= 15 is 0 Å². The Morgan fingerprint density at radius 1 is 1.44 bits per heavy atom. The van der Waals surface area contributed by atoms with E-state index < -0.39 is 0 Å². The molecule has 2 rings (SSSR count). The summed E-state index contributed by atoms with van der Waals surface area (Å²) in [6.07, 6.45) is 4.27. The van der Waals surface area contributed by atoms with Crippen LogP contribution in [-0.2, 0) is 0 Å². The number of hydrogen-bond acceptors (Lipinski definition) is 3. The summed E-state index contributed by atoms with van der Waals surface area (Å²) in [7, 11) is 0. The number of thioether (sulfide) groups is 1. The molecule has 18 heavy (non-hydrogen) atoms. The number of rotatable bonds is 5. The number of benzene rings is 1. The van der Waals surface area contributed by atoms with E-state index in [1.165, 1.54) is 0 Å². The summed E-state index contributed by atoms with van der Waals surface area (Å²) in [6.45, 7) is 0.106. The van der Waals surface area contributed by atoms with Gasteiger partial charge in [0.15, 0.2) is 0 Å². The van der Waals surface area contributed by atoms with Crippen molar-refractivity contribution >= 4 is 23.4 Å². The predicted molar refractivity (Wildman–Crippen MR) is 78.1 cm³/mol. The molecule has 1 fully saturated rings. The second kappa shape index (κ2) is 6.29. The van der Waals surface area contributed by atoms with Crippen LogP contribution in [0.15, 0.2) is 29.2 Å². The van der Waals surface area contributed by atoms with Gasteiger partial charge in [-0.05, 0) is 43.1 Å². The van der Waals surface area contributed by atoms with Gasteiger partial charge < -0.3 is 10.8 Å². The standard InChI is InChI=1S/C14H20ClNOS/c15-12-5-1-2-6-13(12)18-9-7-11-4-3-8-14(11,16)10-17/h1-2,5-6,11,17H,3-4,7-10,16H2. The third kappa shape index (κ3) is 3.21. The molecule has 4 heteroatoms. The Labute approximate surface area is 118 Å². The quantitative estimate of drug-likeness (QED) is 0.816.